The van der Waals surface area contributed by atoms with Gasteiger partial charge in [0.2, 0.25) is 0 Å². The van der Waals surface area contributed by atoms with E-state index in [1.54, 1.807) is 0 Å². The van der Waals surface area contributed by atoms with E-state index >= 15 is 0 Å². The smallest absolute Gasteiger partial charge is 0.0702 e. The van der Waals surface area contributed by atoms with Gasteiger partial charge in [0.05, 0.1) is 6.10 Å². The summed E-state index contributed by atoms with van der Waals surface area (Å²) < 4.78 is 6.99. The van der Waals surface area contributed by atoms with Crippen LogP contribution in [0.2, 0.25) is 0 Å². The summed E-state index contributed by atoms with van der Waals surface area (Å²) in [7, 11) is 0. The van der Waals surface area contributed by atoms with Gasteiger partial charge in [-0.05, 0) is 49.9 Å². The molecule has 3 nitrogen and oxygen atoms in total. The first-order chi connectivity index (χ1) is 10.2. The third-order valence-electron chi connectivity index (χ3n) is 4.05. The van der Waals surface area contributed by atoms with E-state index in [0.29, 0.717) is 6.10 Å². The number of nitrogens with two attached hydrogens (primary N) is 1. The van der Waals surface area contributed by atoms with Crippen LogP contribution in [0.25, 0.3) is 0 Å². The van der Waals surface area contributed by atoms with Gasteiger partial charge >= 0.3 is 0 Å². The number of halogens is 1. The van der Waals surface area contributed by atoms with Gasteiger partial charge in [-0.3, -0.25) is 0 Å². The Morgan fingerprint density at radius 1 is 1.48 bits per heavy atom. The van der Waals surface area contributed by atoms with Crippen LogP contribution in [-0.4, -0.2) is 37.2 Å². The van der Waals surface area contributed by atoms with Crippen molar-refractivity contribution in [1.82, 2.24) is 4.90 Å². The number of likely N-dealkylation sites (tertiary alicyclic amines) is 1. The number of hydrogen-bond acceptors (Lipinski definition) is 3. The summed E-state index contributed by atoms with van der Waals surface area (Å²) in [4.78, 5) is 2.50. The Labute approximate surface area is 137 Å². The molecule has 1 aromatic rings. The fourth-order valence-corrected chi connectivity index (χ4v) is 3.28. The average Bonchev–Trinajstić information content (AvgIpc) is 2.51. The largest absolute Gasteiger partial charge is 0.377 e. The van der Waals surface area contributed by atoms with Crippen LogP contribution in [0.3, 0.4) is 0 Å². The number of ether oxygens (including phenoxy) is 1. The normalized spacial score (nSPS) is 21.4. The van der Waals surface area contributed by atoms with Crippen LogP contribution in [0.5, 0.6) is 0 Å². The molecular formula is C17H27BrN2O. The van der Waals surface area contributed by atoms with E-state index in [0.717, 1.165) is 37.0 Å². The van der Waals surface area contributed by atoms with Gasteiger partial charge in [0.15, 0.2) is 0 Å². The number of piperidine rings is 1. The van der Waals surface area contributed by atoms with Crippen molar-refractivity contribution >= 4 is 15.9 Å². The highest BCUT2D eigenvalue weighted by molar-refractivity contribution is 9.10. The SMILES string of the molecule is CCCOC1CCCN(CCC(N)c2cccc(Br)c2)C1. The van der Waals surface area contributed by atoms with Crippen LogP contribution in [0.4, 0.5) is 0 Å². The van der Waals surface area contributed by atoms with Gasteiger partial charge in [0, 0.05) is 30.2 Å². The van der Waals surface area contributed by atoms with Gasteiger partial charge in [-0.15, -0.1) is 0 Å². The molecule has 21 heavy (non-hydrogen) atoms. The summed E-state index contributed by atoms with van der Waals surface area (Å²) in [6.45, 7) is 6.34. The van der Waals surface area contributed by atoms with Gasteiger partial charge in [0.25, 0.3) is 0 Å². The van der Waals surface area contributed by atoms with Crippen LogP contribution in [0, 0.1) is 0 Å². The van der Waals surface area contributed by atoms with E-state index in [4.69, 9.17) is 10.5 Å². The first-order valence-corrected chi connectivity index (χ1v) is 8.83. The van der Waals surface area contributed by atoms with Crippen molar-refractivity contribution in [3.05, 3.63) is 34.3 Å². The highest BCUT2D eigenvalue weighted by Crippen LogP contribution is 2.20. The molecule has 0 amide bonds. The molecule has 1 aliphatic heterocycles. The Bertz CT molecular complexity index is 427. The van der Waals surface area contributed by atoms with Crippen molar-refractivity contribution in [1.29, 1.82) is 0 Å². The van der Waals surface area contributed by atoms with E-state index in [9.17, 15) is 0 Å². The maximum Gasteiger partial charge on any atom is 0.0702 e. The average molecular weight is 355 g/mol. The van der Waals surface area contributed by atoms with Gasteiger partial charge in [-0.2, -0.15) is 0 Å². The Kier molecular flexibility index (Phi) is 7.17. The first kappa shape index (κ1) is 16.9. The minimum Gasteiger partial charge on any atom is -0.377 e. The molecule has 2 unspecified atom stereocenters. The molecule has 0 aromatic heterocycles. The maximum atomic E-state index is 6.32. The Morgan fingerprint density at radius 2 is 2.33 bits per heavy atom. The van der Waals surface area contributed by atoms with E-state index in [1.165, 1.54) is 24.9 Å². The summed E-state index contributed by atoms with van der Waals surface area (Å²) in [6, 6.07) is 8.43. The quantitative estimate of drug-likeness (QED) is 0.810. The Morgan fingerprint density at radius 3 is 3.10 bits per heavy atom. The van der Waals surface area contributed by atoms with Crippen molar-refractivity contribution in [2.45, 2.75) is 44.8 Å². The number of rotatable bonds is 7. The van der Waals surface area contributed by atoms with Crippen LogP contribution in [-0.2, 0) is 4.74 Å². The summed E-state index contributed by atoms with van der Waals surface area (Å²) in [5.74, 6) is 0. The second-order valence-electron chi connectivity index (χ2n) is 5.89. The first-order valence-electron chi connectivity index (χ1n) is 8.04. The summed E-state index contributed by atoms with van der Waals surface area (Å²) in [5.41, 5.74) is 7.53. The molecule has 0 radical (unpaired) electrons. The zero-order valence-electron chi connectivity index (χ0n) is 12.9. The summed E-state index contributed by atoms with van der Waals surface area (Å²) >= 11 is 3.51. The molecule has 2 N–H and O–H groups in total. The molecule has 0 spiro atoms. The fourth-order valence-electron chi connectivity index (χ4n) is 2.86. The van der Waals surface area contributed by atoms with Gasteiger partial charge < -0.3 is 15.4 Å². The van der Waals surface area contributed by atoms with E-state index in [2.05, 4.69) is 46.0 Å². The second-order valence-corrected chi connectivity index (χ2v) is 6.80. The van der Waals surface area contributed by atoms with Crippen molar-refractivity contribution < 1.29 is 4.74 Å². The molecule has 1 aromatic carbocycles. The zero-order valence-corrected chi connectivity index (χ0v) is 14.5. The predicted octanol–water partition coefficient (Wildman–Crippen LogP) is 3.73. The molecule has 1 saturated heterocycles. The van der Waals surface area contributed by atoms with Gasteiger partial charge in [-0.1, -0.05) is 35.0 Å². The number of benzene rings is 1. The zero-order chi connectivity index (χ0) is 15.1. The molecule has 1 fully saturated rings. The summed E-state index contributed by atoms with van der Waals surface area (Å²) in [5, 5.41) is 0. The highest BCUT2D eigenvalue weighted by Gasteiger charge is 2.20. The van der Waals surface area contributed by atoms with Gasteiger partial charge in [0.1, 0.15) is 0 Å². The molecule has 1 aliphatic rings. The molecule has 0 aliphatic carbocycles. The third kappa shape index (κ3) is 5.70. The minimum atomic E-state index is 0.111. The van der Waals surface area contributed by atoms with Crippen molar-refractivity contribution in [2.24, 2.45) is 5.73 Å². The van der Waals surface area contributed by atoms with E-state index < -0.39 is 0 Å². The molecular weight excluding hydrogens is 328 g/mol. The lowest BCUT2D eigenvalue weighted by Crippen LogP contribution is -2.40. The maximum absolute atomic E-state index is 6.32. The second kappa shape index (κ2) is 8.89. The van der Waals surface area contributed by atoms with Gasteiger partial charge in [-0.25, -0.2) is 0 Å². The molecule has 0 saturated carbocycles. The minimum absolute atomic E-state index is 0.111. The van der Waals surface area contributed by atoms with Crippen molar-refractivity contribution in [3.8, 4) is 0 Å². The van der Waals surface area contributed by atoms with Crippen molar-refractivity contribution in [3.63, 3.8) is 0 Å². The lowest BCUT2D eigenvalue weighted by Gasteiger charge is -2.33. The Balaban J connectivity index is 1.76. The molecule has 2 rings (SSSR count). The third-order valence-corrected chi connectivity index (χ3v) is 4.55. The number of nitrogens with zero attached hydrogens (tertiary/aromatic N) is 1. The van der Waals surface area contributed by atoms with Crippen molar-refractivity contribution in [2.75, 3.05) is 26.2 Å². The number of hydrogen-bond donors (Lipinski definition) is 1. The molecule has 1 heterocycles. The lowest BCUT2D eigenvalue weighted by atomic mass is 10.0. The summed E-state index contributed by atoms with van der Waals surface area (Å²) in [6.07, 6.45) is 4.96. The molecule has 2 atom stereocenters. The molecule has 4 heteroatoms. The van der Waals surface area contributed by atoms with Crippen LogP contribution < -0.4 is 5.73 Å². The van der Waals surface area contributed by atoms with Crippen LogP contribution in [0.1, 0.15) is 44.2 Å². The van der Waals surface area contributed by atoms with Crippen LogP contribution in [0.15, 0.2) is 28.7 Å². The van der Waals surface area contributed by atoms with E-state index in [-0.39, 0.29) is 6.04 Å². The monoisotopic (exact) mass is 354 g/mol. The Hall–Kier alpha value is -0.420. The topological polar surface area (TPSA) is 38.5 Å². The standard InChI is InChI=1S/C17H27BrN2O/c1-2-11-21-16-7-4-9-20(13-16)10-8-17(19)14-5-3-6-15(18)12-14/h3,5-6,12,16-17H,2,4,7-11,13,19H2,1H3. The van der Waals surface area contributed by atoms with Crippen LogP contribution >= 0.6 is 15.9 Å². The fraction of sp³-hybridized carbons (Fsp3) is 0.647. The predicted molar refractivity (Wildman–Crippen MR) is 91.4 cm³/mol. The molecule has 0 bridgehead atoms. The lowest BCUT2D eigenvalue weighted by molar-refractivity contribution is -0.000626. The molecule has 118 valence electrons. The highest BCUT2D eigenvalue weighted by atomic mass is 79.9. The van der Waals surface area contributed by atoms with E-state index in [1.807, 2.05) is 6.07 Å².